The number of carbonyl (C=O) groups excluding carboxylic acids is 2. The summed E-state index contributed by atoms with van der Waals surface area (Å²) in [5.74, 6) is -0.534. The van der Waals surface area contributed by atoms with E-state index in [9.17, 15) is 9.59 Å². The molecule has 6 heteroatoms. The molecule has 0 radical (unpaired) electrons. The van der Waals surface area contributed by atoms with Crippen molar-refractivity contribution in [1.82, 2.24) is 15.6 Å². The van der Waals surface area contributed by atoms with Gasteiger partial charge in [0.15, 0.2) is 0 Å². The van der Waals surface area contributed by atoms with Crippen molar-refractivity contribution in [3.8, 4) is 0 Å². The molecule has 27 heavy (non-hydrogen) atoms. The molecule has 2 heterocycles. The molecule has 0 saturated carbocycles. The normalized spacial score (nSPS) is 16.0. The minimum Gasteiger partial charge on any atom is -0.319 e. The quantitative estimate of drug-likeness (QED) is 0.860. The third-order valence-corrected chi connectivity index (χ3v) is 5.27. The minimum atomic E-state index is -0.340. The van der Waals surface area contributed by atoms with Crippen LogP contribution >= 0.6 is 11.8 Å². The number of fused-ring (bicyclic) bond motifs is 1. The van der Waals surface area contributed by atoms with Gasteiger partial charge in [-0.25, -0.2) is 4.98 Å². The maximum absolute atomic E-state index is 12.8. The van der Waals surface area contributed by atoms with E-state index < -0.39 is 0 Å². The average molecular weight is 375 g/mol. The second-order valence-electron chi connectivity index (χ2n) is 6.11. The van der Waals surface area contributed by atoms with E-state index in [1.54, 1.807) is 30.5 Å². The molecule has 134 valence electrons. The topological polar surface area (TPSA) is 71.1 Å². The lowest BCUT2D eigenvalue weighted by atomic mass is 9.94. The molecular weight excluding hydrogens is 358 g/mol. The standard InChI is InChI=1S/C21H17N3O2S/c25-19-12-15-13-22-10-8-14(15)11-18(19)24-20(26)17-7-4-9-23-21(17)27-16-5-2-1-3-6-16/h1-9,11-12,22H,10,13H2,(H,24,26). The minimum absolute atomic E-state index is 0.194. The zero-order chi connectivity index (χ0) is 18.6. The van der Waals surface area contributed by atoms with Crippen LogP contribution in [0.5, 0.6) is 0 Å². The summed E-state index contributed by atoms with van der Waals surface area (Å²) < 4.78 is 0. The van der Waals surface area contributed by atoms with Gasteiger partial charge < -0.3 is 10.6 Å². The van der Waals surface area contributed by atoms with Gasteiger partial charge in [0.1, 0.15) is 5.03 Å². The molecule has 0 fully saturated rings. The van der Waals surface area contributed by atoms with Crippen LogP contribution in [-0.4, -0.2) is 29.8 Å². The first-order chi connectivity index (χ1) is 13.2. The number of nitrogens with one attached hydrogen (secondary N) is 2. The van der Waals surface area contributed by atoms with Crippen LogP contribution < -0.4 is 10.6 Å². The molecule has 1 aromatic heterocycles. The summed E-state index contributed by atoms with van der Waals surface area (Å²) in [5.41, 5.74) is 2.66. The zero-order valence-electron chi connectivity index (χ0n) is 14.4. The van der Waals surface area contributed by atoms with Gasteiger partial charge >= 0.3 is 0 Å². The summed E-state index contributed by atoms with van der Waals surface area (Å²) in [5, 5.41) is 6.55. The van der Waals surface area contributed by atoms with Gasteiger partial charge in [-0.05, 0) is 47.6 Å². The van der Waals surface area contributed by atoms with Gasteiger partial charge in [0.05, 0.1) is 11.3 Å². The van der Waals surface area contributed by atoms with Gasteiger partial charge in [-0.1, -0.05) is 36.0 Å². The van der Waals surface area contributed by atoms with Gasteiger partial charge in [0.25, 0.3) is 5.91 Å². The zero-order valence-corrected chi connectivity index (χ0v) is 15.3. The molecule has 2 aliphatic rings. The predicted octanol–water partition coefficient (Wildman–Crippen LogP) is 2.89. The van der Waals surface area contributed by atoms with Crippen LogP contribution in [0.25, 0.3) is 0 Å². The van der Waals surface area contributed by atoms with Crippen LogP contribution in [0.15, 0.2) is 93.7 Å². The van der Waals surface area contributed by atoms with E-state index in [4.69, 9.17) is 0 Å². The summed E-state index contributed by atoms with van der Waals surface area (Å²) >= 11 is 1.42. The highest BCUT2D eigenvalue weighted by Gasteiger charge is 2.22. The third-order valence-electron chi connectivity index (χ3n) is 4.24. The summed E-state index contributed by atoms with van der Waals surface area (Å²) in [4.78, 5) is 30.5. The van der Waals surface area contributed by atoms with E-state index in [2.05, 4.69) is 15.6 Å². The molecule has 1 aromatic carbocycles. The Kier molecular flexibility index (Phi) is 5.00. The largest absolute Gasteiger partial charge is 0.319 e. The van der Waals surface area contributed by atoms with Crippen LogP contribution in [-0.2, 0) is 4.79 Å². The van der Waals surface area contributed by atoms with Crippen LogP contribution in [0.4, 0.5) is 0 Å². The molecule has 2 aromatic rings. The Bertz CT molecular complexity index is 993. The lowest BCUT2D eigenvalue weighted by Gasteiger charge is -2.20. The van der Waals surface area contributed by atoms with E-state index >= 15 is 0 Å². The Morgan fingerprint density at radius 2 is 1.96 bits per heavy atom. The lowest BCUT2D eigenvalue weighted by molar-refractivity contribution is -0.111. The monoisotopic (exact) mass is 375 g/mol. The SMILES string of the molecule is O=C1C=C2CNCC=C2C=C1NC(=O)c1cccnc1Sc1ccccc1. The second-order valence-corrected chi connectivity index (χ2v) is 7.17. The number of benzene rings is 1. The van der Waals surface area contributed by atoms with Crippen molar-refractivity contribution in [3.05, 3.63) is 89.3 Å². The van der Waals surface area contributed by atoms with Crippen molar-refractivity contribution in [2.45, 2.75) is 9.92 Å². The number of ketones is 1. The van der Waals surface area contributed by atoms with Crippen LogP contribution in [0.2, 0.25) is 0 Å². The number of rotatable bonds is 4. The van der Waals surface area contributed by atoms with Gasteiger partial charge in [-0.2, -0.15) is 0 Å². The van der Waals surface area contributed by atoms with Gasteiger partial charge in [-0.3, -0.25) is 9.59 Å². The number of carbonyl (C=O) groups is 2. The van der Waals surface area contributed by atoms with Crippen molar-refractivity contribution >= 4 is 23.5 Å². The number of pyridine rings is 1. The molecule has 0 bridgehead atoms. The molecule has 0 atom stereocenters. The molecule has 4 rings (SSSR count). The molecule has 5 nitrogen and oxygen atoms in total. The highest BCUT2D eigenvalue weighted by molar-refractivity contribution is 7.99. The number of aromatic nitrogens is 1. The van der Waals surface area contributed by atoms with E-state index in [1.807, 2.05) is 36.4 Å². The Morgan fingerprint density at radius 3 is 2.81 bits per heavy atom. The van der Waals surface area contributed by atoms with Crippen molar-refractivity contribution in [2.24, 2.45) is 0 Å². The van der Waals surface area contributed by atoms with E-state index in [0.717, 1.165) is 22.6 Å². The fraction of sp³-hybridized carbons (Fsp3) is 0.0952. The number of allylic oxidation sites excluding steroid dienone is 2. The van der Waals surface area contributed by atoms with E-state index in [1.165, 1.54) is 11.8 Å². The Morgan fingerprint density at radius 1 is 1.11 bits per heavy atom. The van der Waals surface area contributed by atoms with Crippen LogP contribution in [0, 0.1) is 0 Å². The smallest absolute Gasteiger partial charge is 0.258 e. The van der Waals surface area contributed by atoms with Gasteiger partial charge in [0, 0.05) is 24.2 Å². The van der Waals surface area contributed by atoms with Gasteiger partial charge in [-0.15, -0.1) is 0 Å². The summed E-state index contributed by atoms with van der Waals surface area (Å²) in [7, 11) is 0. The second kappa shape index (κ2) is 7.73. The highest BCUT2D eigenvalue weighted by atomic mass is 32.2. The molecular formula is C21H17N3O2S. The summed E-state index contributed by atoms with van der Waals surface area (Å²) in [6.07, 6.45) is 6.99. The fourth-order valence-corrected chi connectivity index (χ4v) is 3.80. The maximum atomic E-state index is 12.8. The number of amides is 1. The maximum Gasteiger partial charge on any atom is 0.258 e. The molecule has 1 amide bonds. The van der Waals surface area contributed by atoms with E-state index in [0.29, 0.717) is 17.1 Å². The lowest BCUT2D eigenvalue weighted by Crippen LogP contribution is -2.31. The first-order valence-corrected chi connectivity index (χ1v) is 9.39. The molecule has 1 aliphatic carbocycles. The van der Waals surface area contributed by atoms with Crippen LogP contribution in [0.3, 0.4) is 0 Å². The van der Waals surface area contributed by atoms with Gasteiger partial charge in [0.2, 0.25) is 5.78 Å². The van der Waals surface area contributed by atoms with E-state index in [-0.39, 0.29) is 17.4 Å². The molecule has 0 unspecified atom stereocenters. The van der Waals surface area contributed by atoms with Crippen molar-refractivity contribution in [3.63, 3.8) is 0 Å². The molecule has 1 aliphatic heterocycles. The Balaban J connectivity index is 1.56. The van der Waals surface area contributed by atoms with Crippen molar-refractivity contribution in [2.75, 3.05) is 13.1 Å². The number of hydrogen-bond donors (Lipinski definition) is 2. The summed E-state index contributed by atoms with van der Waals surface area (Å²) in [6, 6.07) is 13.2. The third kappa shape index (κ3) is 3.92. The van der Waals surface area contributed by atoms with Crippen molar-refractivity contribution in [1.29, 1.82) is 0 Å². The fourth-order valence-electron chi connectivity index (χ4n) is 2.90. The number of nitrogens with zero attached hydrogens (tertiary/aromatic N) is 1. The molecule has 0 spiro atoms. The highest BCUT2D eigenvalue weighted by Crippen LogP contribution is 2.28. The first kappa shape index (κ1) is 17.5. The number of hydrogen-bond acceptors (Lipinski definition) is 5. The summed E-state index contributed by atoms with van der Waals surface area (Å²) in [6.45, 7) is 1.41. The molecule has 2 N–H and O–H groups in total. The van der Waals surface area contributed by atoms with Crippen molar-refractivity contribution < 1.29 is 9.59 Å². The Labute approximate surface area is 161 Å². The van der Waals surface area contributed by atoms with Crippen LogP contribution in [0.1, 0.15) is 10.4 Å². The average Bonchev–Trinajstić information content (AvgIpc) is 2.70. The predicted molar refractivity (Wildman–Crippen MR) is 104 cm³/mol. The first-order valence-electron chi connectivity index (χ1n) is 8.58. The molecule has 0 saturated heterocycles. The Hall–Kier alpha value is -2.96.